The van der Waals surface area contributed by atoms with Gasteiger partial charge in [0.25, 0.3) is 5.91 Å². The minimum Gasteiger partial charge on any atom is -0.361 e. The van der Waals surface area contributed by atoms with Crippen molar-refractivity contribution in [2.24, 2.45) is 0 Å². The molecule has 0 unspecified atom stereocenters. The molecular weight excluding hydrogens is 272 g/mol. The molecule has 1 amide bonds. The van der Waals surface area contributed by atoms with Gasteiger partial charge in [-0.3, -0.25) is 4.79 Å². The van der Waals surface area contributed by atoms with Gasteiger partial charge in [0.1, 0.15) is 0 Å². The van der Waals surface area contributed by atoms with Crippen LogP contribution in [0.1, 0.15) is 27.0 Å². The highest BCUT2D eigenvalue weighted by Crippen LogP contribution is 2.19. The Morgan fingerprint density at radius 3 is 2.73 bits per heavy atom. The maximum Gasteiger partial charge on any atom is 0.251 e. The van der Waals surface area contributed by atoms with E-state index in [-0.39, 0.29) is 5.91 Å². The molecule has 112 valence electrons. The van der Waals surface area contributed by atoms with Crippen LogP contribution in [0.15, 0.2) is 48.7 Å². The van der Waals surface area contributed by atoms with Gasteiger partial charge in [0.05, 0.1) is 0 Å². The van der Waals surface area contributed by atoms with Crippen LogP contribution in [0.4, 0.5) is 0 Å². The molecule has 1 aromatic heterocycles. The zero-order chi connectivity index (χ0) is 15.5. The van der Waals surface area contributed by atoms with E-state index >= 15 is 0 Å². The highest BCUT2D eigenvalue weighted by Gasteiger charge is 2.07. The van der Waals surface area contributed by atoms with Gasteiger partial charge in [-0.1, -0.05) is 29.3 Å². The quantitative estimate of drug-likeness (QED) is 0.755. The molecule has 0 fully saturated rings. The molecule has 22 heavy (non-hydrogen) atoms. The molecule has 3 heteroatoms. The molecule has 3 nitrogen and oxygen atoms in total. The monoisotopic (exact) mass is 292 g/mol. The van der Waals surface area contributed by atoms with E-state index in [9.17, 15) is 4.79 Å². The first kappa shape index (κ1) is 14.4. The summed E-state index contributed by atoms with van der Waals surface area (Å²) in [5.41, 5.74) is 5.44. The Hall–Kier alpha value is -2.55. The number of nitrogens with one attached hydrogen (secondary N) is 2. The van der Waals surface area contributed by atoms with Crippen molar-refractivity contribution in [3.8, 4) is 0 Å². The highest BCUT2D eigenvalue weighted by atomic mass is 16.1. The third-order valence-electron chi connectivity index (χ3n) is 3.88. The van der Waals surface area contributed by atoms with E-state index in [1.807, 2.05) is 37.4 Å². The Labute approximate surface area is 130 Å². The second kappa shape index (κ2) is 6.06. The number of carbonyl (C=O) groups excluding carboxylic acids is 1. The topological polar surface area (TPSA) is 44.9 Å². The van der Waals surface area contributed by atoms with Crippen LogP contribution < -0.4 is 5.32 Å². The van der Waals surface area contributed by atoms with Gasteiger partial charge in [0, 0.05) is 29.2 Å². The Morgan fingerprint density at radius 1 is 1.09 bits per heavy atom. The van der Waals surface area contributed by atoms with Crippen molar-refractivity contribution < 1.29 is 4.79 Å². The molecular formula is C19H20N2O. The lowest BCUT2D eigenvalue weighted by Crippen LogP contribution is -2.25. The summed E-state index contributed by atoms with van der Waals surface area (Å²) in [6.45, 7) is 4.72. The number of benzene rings is 2. The van der Waals surface area contributed by atoms with Crippen LogP contribution >= 0.6 is 0 Å². The van der Waals surface area contributed by atoms with E-state index in [1.165, 1.54) is 16.5 Å². The number of rotatable bonds is 4. The van der Waals surface area contributed by atoms with Gasteiger partial charge in [-0.15, -0.1) is 0 Å². The summed E-state index contributed by atoms with van der Waals surface area (Å²) in [6, 6.07) is 14.0. The van der Waals surface area contributed by atoms with Gasteiger partial charge in [0.15, 0.2) is 0 Å². The molecule has 0 aliphatic carbocycles. The standard InChI is InChI=1S/C19H20N2O/c1-13-4-3-5-15(10-13)19(22)20-9-8-16-12-21-18-7-6-14(2)11-17(16)18/h3-7,10-12,21H,8-9H2,1-2H3,(H,20,22). The lowest BCUT2D eigenvalue weighted by Gasteiger charge is -2.06. The zero-order valence-corrected chi connectivity index (χ0v) is 12.9. The summed E-state index contributed by atoms with van der Waals surface area (Å²) in [5, 5.41) is 4.23. The maximum atomic E-state index is 12.1. The number of aromatic nitrogens is 1. The van der Waals surface area contributed by atoms with Gasteiger partial charge < -0.3 is 10.3 Å². The molecule has 0 aliphatic heterocycles. The first-order valence-corrected chi connectivity index (χ1v) is 7.55. The van der Waals surface area contributed by atoms with Crippen molar-refractivity contribution in [3.63, 3.8) is 0 Å². The third-order valence-corrected chi connectivity index (χ3v) is 3.88. The van der Waals surface area contributed by atoms with E-state index in [2.05, 4.69) is 35.4 Å². The average molecular weight is 292 g/mol. The van der Waals surface area contributed by atoms with E-state index in [0.717, 1.165) is 23.1 Å². The van der Waals surface area contributed by atoms with Crippen LogP contribution in [0.3, 0.4) is 0 Å². The van der Waals surface area contributed by atoms with Gasteiger partial charge >= 0.3 is 0 Å². The van der Waals surface area contributed by atoms with E-state index < -0.39 is 0 Å². The second-order valence-electron chi connectivity index (χ2n) is 5.74. The van der Waals surface area contributed by atoms with E-state index in [0.29, 0.717) is 6.54 Å². The fourth-order valence-corrected chi connectivity index (χ4v) is 2.70. The number of hydrogen-bond donors (Lipinski definition) is 2. The minimum atomic E-state index is -0.0141. The SMILES string of the molecule is Cc1cccc(C(=O)NCCc2c[nH]c3ccc(C)cc23)c1. The average Bonchev–Trinajstić information content (AvgIpc) is 2.89. The van der Waals surface area contributed by atoms with Crippen molar-refractivity contribution in [2.45, 2.75) is 20.3 Å². The van der Waals surface area contributed by atoms with Crippen LogP contribution in [0.5, 0.6) is 0 Å². The number of H-pyrrole nitrogens is 1. The molecule has 0 bridgehead atoms. The molecule has 2 N–H and O–H groups in total. The van der Waals surface area contributed by atoms with Crippen LogP contribution in [0.2, 0.25) is 0 Å². The highest BCUT2D eigenvalue weighted by molar-refractivity contribution is 5.94. The van der Waals surface area contributed by atoms with Crippen LogP contribution in [0.25, 0.3) is 10.9 Å². The van der Waals surface area contributed by atoms with E-state index in [4.69, 9.17) is 0 Å². The lowest BCUT2D eigenvalue weighted by molar-refractivity contribution is 0.0954. The zero-order valence-electron chi connectivity index (χ0n) is 12.9. The summed E-state index contributed by atoms with van der Waals surface area (Å²) in [6.07, 6.45) is 2.85. The Kier molecular flexibility index (Phi) is 3.96. The van der Waals surface area contributed by atoms with Crippen molar-refractivity contribution in [1.82, 2.24) is 10.3 Å². The summed E-state index contributed by atoms with van der Waals surface area (Å²) >= 11 is 0. The number of amides is 1. The fourth-order valence-electron chi connectivity index (χ4n) is 2.70. The van der Waals surface area contributed by atoms with Crippen molar-refractivity contribution in [3.05, 3.63) is 70.9 Å². The molecule has 0 saturated heterocycles. The Morgan fingerprint density at radius 2 is 1.91 bits per heavy atom. The molecule has 0 aliphatic rings. The molecule has 1 heterocycles. The van der Waals surface area contributed by atoms with Crippen molar-refractivity contribution in [2.75, 3.05) is 6.54 Å². The number of hydrogen-bond acceptors (Lipinski definition) is 1. The smallest absolute Gasteiger partial charge is 0.251 e. The molecule has 3 aromatic rings. The van der Waals surface area contributed by atoms with Crippen LogP contribution in [0, 0.1) is 13.8 Å². The third kappa shape index (κ3) is 3.03. The van der Waals surface area contributed by atoms with Crippen molar-refractivity contribution >= 4 is 16.8 Å². The summed E-state index contributed by atoms with van der Waals surface area (Å²) < 4.78 is 0. The molecule has 0 saturated carbocycles. The van der Waals surface area contributed by atoms with Gasteiger partial charge in [-0.05, 0) is 50.1 Å². The maximum absolute atomic E-state index is 12.1. The number of aromatic amines is 1. The second-order valence-corrected chi connectivity index (χ2v) is 5.74. The number of carbonyl (C=O) groups is 1. The molecule has 0 radical (unpaired) electrons. The van der Waals surface area contributed by atoms with Gasteiger partial charge in [0.2, 0.25) is 0 Å². The first-order valence-electron chi connectivity index (χ1n) is 7.55. The van der Waals surface area contributed by atoms with Crippen LogP contribution in [-0.2, 0) is 6.42 Å². The summed E-state index contributed by atoms with van der Waals surface area (Å²) in [4.78, 5) is 15.4. The first-order chi connectivity index (χ1) is 10.6. The fraction of sp³-hybridized carbons (Fsp3) is 0.211. The van der Waals surface area contributed by atoms with E-state index in [1.54, 1.807) is 0 Å². The predicted molar refractivity (Wildman–Crippen MR) is 90.3 cm³/mol. The van der Waals surface area contributed by atoms with Gasteiger partial charge in [-0.25, -0.2) is 0 Å². The molecule has 2 aromatic carbocycles. The summed E-state index contributed by atoms with van der Waals surface area (Å²) in [7, 11) is 0. The molecule has 0 atom stereocenters. The minimum absolute atomic E-state index is 0.0141. The van der Waals surface area contributed by atoms with Crippen LogP contribution in [-0.4, -0.2) is 17.4 Å². The Bertz CT molecular complexity index is 817. The Balaban J connectivity index is 1.65. The molecule has 3 rings (SSSR count). The largest absolute Gasteiger partial charge is 0.361 e. The molecule has 0 spiro atoms. The predicted octanol–water partition coefficient (Wildman–Crippen LogP) is 3.76. The number of aryl methyl sites for hydroxylation is 2. The summed E-state index contributed by atoms with van der Waals surface area (Å²) in [5.74, 6) is -0.0141. The van der Waals surface area contributed by atoms with Gasteiger partial charge in [-0.2, -0.15) is 0 Å². The normalized spacial score (nSPS) is 10.8. The van der Waals surface area contributed by atoms with Crippen molar-refractivity contribution in [1.29, 1.82) is 0 Å². The number of fused-ring (bicyclic) bond motifs is 1. The lowest BCUT2D eigenvalue weighted by atomic mass is 10.1.